The lowest BCUT2D eigenvalue weighted by Crippen LogP contribution is -2.01. The van der Waals surface area contributed by atoms with Crippen LogP contribution >= 0.6 is 22.7 Å². The van der Waals surface area contributed by atoms with Crippen molar-refractivity contribution in [3.8, 4) is 0 Å². The highest BCUT2D eigenvalue weighted by Gasteiger charge is 2.11. The lowest BCUT2D eigenvalue weighted by atomic mass is 10.1. The van der Waals surface area contributed by atoms with Gasteiger partial charge >= 0.3 is 0 Å². The average Bonchev–Trinajstić information content (AvgIpc) is 2.90. The van der Waals surface area contributed by atoms with Gasteiger partial charge in [-0.05, 0) is 29.1 Å². The number of nitrogens with zero attached hydrogens (tertiary/aromatic N) is 1. The average molecular weight is 259 g/mol. The molecule has 0 spiro atoms. The van der Waals surface area contributed by atoms with Crippen molar-refractivity contribution in [1.82, 2.24) is 4.98 Å². The number of aromatic nitrogens is 1. The Morgan fingerprint density at radius 2 is 2.24 bits per heavy atom. The van der Waals surface area contributed by atoms with Crippen molar-refractivity contribution in [3.63, 3.8) is 0 Å². The van der Waals surface area contributed by atoms with Crippen molar-refractivity contribution < 1.29 is 4.79 Å². The topological polar surface area (TPSA) is 30.0 Å². The van der Waals surface area contributed by atoms with Gasteiger partial charge in [-0.1, -0.05) is 6.07 Å². The number of thiophene rings is 2. The predicted molar refractivity (Wildman–Crippen MR) is 72.0 cm³/mol. The van der Waals surface area contributed by atoms with Gasteiger partial charge in [-0.15, -0.1) is 22.7 Å². The third-order valence-corrected chi connectivity index (χ3v) is 4.64. The van der Waals surface area contributed by atoms with Crippen LogP contribution in [0.2, 0.25) is 0 Å². The van der Waals surface area contributed by atoms with Gasteiger partial charge < -0.3 is 0 Å². The normalized spacial score (nSPS) is 10.8. The zero-order valence-electron chi connectivity index (χ0n) is 8.92. The van der Waals surface area contributed by atoms with Gasteiger partial charge in [0.25, 0.3) is 0 Å². The molecule has 0 aliphatic carbocycles. The number of rotatable bonds is 3. The molecule has 0 aliphatic rings. The number of carbonyl (C=O) groups is 1. The quantitative estimate of drug-likeness (QED) is 0.670. The summed E-state index contributed by atoms with van der Waals surface area (Å²) in [5.74, 6) is 0.173. The summed E-state index contributed by atoms with van der Waals surface area (Å²) in [5.41, 5.74) is 0.967. The predicted octanol–water partition coefficient (Wildman–Crippen LogP) is 3.78. The Bertz CT molecular complexity index is 626. The van der Waals surface area contributed by atoms with Gasteiger partial charge in [-0.2, -0.15) is 0 Å². The summed E-state index contributed by atoms with van der Waals surface area (Å²) in [4.78, 5) is 16.9. The molecule has 0 aromatic carbocycles. The van der Waals surface area contributed by atoms with Crippen molar-refractivity contribution in [1.29, 1.82) is 0 Å². The molecular weight excluding hydrogens is 250 g/mol. The van der Waals surface area contributed by atoms with Crippen LogP contribution in [-0.4, -0.2) is 10.8 Å². The second kappa shape index (κ2) is 4.39. The van der Waals surface area contributed by atoms with Gasteiger partial charge in [0.15, 0.2) is 5.78 Å². The molecule has 3 heterocycles. The zero-order chi connectivity index (χ0) is 11.7. The highest BCUT2D eigenvalue weighted by Crippen LogP contribution is 2.30. The van der Waals surface area contributed by atoms with E-state index in [9.17, 15) is 4.79 Å². The summed E-state index contributed by atoms with van der Waals surface area (Å²) in [6, 6.07) is 7.84. The van der Waals surface area contributed by atoms with E-state index < -0.39 is 0 Å². The maximum absolute atomic E-state index is 12.1. The van der Waals surface area contributed by atoms with Crippen molar-refractivity contribution in [3.05, 3.63) is 52.5 Å². The van der Waals surface area contributed by atoms with Crippen LogP contribution in [0.1, 0.15) is 15.2 Å². The standard InChI is InChI=1S/C13H9NOS2/c15-10(6-9-2-1-4-14-8-9)12-7-13-11(17-12)3-5-16-13/h1-5,7-8H,6H2. The Morgan fingerprint density at radius 3 is 3.00 bits per heavy atom. The summed E-state index contributed by atoms with van der Waals surface area (Å²) in [6.07, 6.45) is 3.89. The van der Waals surface area contributed by atoms with E-state index in [1.165, 1.54) is 9.40 Å². The van der Waals surface area contributed by atoms with Crippen LogP contribution < -0.4 is 0 Å². The Labute approximate surface area is 107 Å². The lowest BCUT2D eigenvalue weighted by Gasteiger charge is -1.97. The summed E-state index contributed by atoms with van der Waals surface area (Å²) < 4.78 is 2.40. The minimum absolute atomic E-state index is 0.173. The third kappa shape index (κ3) is 2.14. The maximum Gasteiger partial charge on any atom is 0.177 e. The molecule has 0 radical (unpaired) electrons. The molecule has 3 aromatic heterocycles. The molecule has 0 unspecified atom stereocenters. The molecular formula is C13H9NOS2. The summed E-state index contributed by atoms with van der Waals surface area (Å²) in [5, 5.41) is 2.05. The molecule has 0 N–H and O–H groups in total. The monoisotopic (exact) mass is 259 g/mol. The molecule has 3 rings (SSSR count). The number of carbonyl (C=O) groups excluding carboxylic acids is 1. The van der Waals surface area contributed by atoms with Gasteiger partial charge in [-0.3, -0.25) is 9.78 Å². The zero-order valence-corrected chi connectivity index (χ0v) is 10.6. The summed E-state index contributed by atoms with van der Waals surface area (Å²) in [6.45, 7) is 0. The molecule has 0 amide bonds. The first-order chi connectivity index (χ1) is 8.33. The number of ketones is 1. The lowest BCUT2D eigenvalue weighted by molar-refractivity contribution is 0.0997. The van der Waals surface area contributed by atoms with Gasteiger partial charge in [0.2, 0.25) is 0 Å². The third-order valence-electron chi connectivity index (χ3n) is 2.50. The molecule has 4 heteroatoms. The number of hydrogen-bond acceptors (Lipinski definition) is 4. The van der Waals surface area contributed by atoms with Gasteiger partial charge in [0.1, 0.15) is 0 Å². The van der Waals surface area contributed by atoms with Crippen LogP contribution in [-0.2, 0) is 6.42 Å². The van der Waals surface area contributed by atoms with E-state index in [2.05, 4.69) is 16.4 Å². The van der Waals surface area contributed by atoms with Crippen molar-refractivity contribution >= 4 is 37.9 Å². The van der Waals surface area contributed by atoms with E-state index >= 15 is 0 Å². The largest absolute Gasteiger partial charge is 0.293 e. The van der Waals surface area contributed by atoms with Gasteiger partial charge in [0.05, 0.1) is 4.88 Å². The fraction of sp³-hybridized carbons (Fsp3) is 0.0769. The minimum Gasteiger partial charge on any atom is -0.293 e. The van der Waals surface area contributed by atoms with E-state index in [1.54, 1.807) is 35.1 Å². The summed E-state index contributed by atoms with van der Waals surface area (Å²) >= 11 is 3.25. The number of hydrogen-bond donors (Lipinski definition) is 0. The number of Topliss-reactive ketones (excluding diaryl/α,β-unsaturated/α-hetero) is 1. The molecule has 0 saturated carbocycles. The number of fused-ring (bicyclic) bond motifs is 1. The molecule has 84 valence electrons. The molecule has 17 heavy (non-hydrogen) atoms. The maximum atomic E-state index is 12.1. The molecule has 0 saturated heterocycles. The van der Waals surface area contributed by atoms with Crippen molar-refractivity contribution in [2.45, 2.75) is 6.42 Å². The Hall–Kier alpha value is -1.52. The molecule has 0 aliphatic heterocycles. The second-order valence-electron chi connectivity index (χ2n) is 3.72. The first kappa shape index (κ1) is 10.6. The molecule has 2 nitrogen and oxygen atoms in total. The Balaban J connectivity index is 1.85. The molecule has 0 bridgehead atoms. The van der Waals surface area contributed by atoms with Crippen LogP contribution in [0.15, 0.2) is 42.0 Å². The van der Waals surface area contributed by atoms with Crippen LogP contribution in [0.25, 0.3) is 9.40 Å². The van der Waals surface area contributed by atoms with E-state index in [-0.39, 0.29) is 5.78 Å². The van der Waals surface area contributed by atoms with Crippen molar-refractivity contribution in [2.24, 2.45) is 0 Å². The van der Waals surface area contributed by atoms with E-state index in [0.717, 1.165) is 10.4 Å². The number of pyridine rings is 1. The molecule has 0 fully saturated rings. The van der Waals surface area contributed by atoms with E-state index in [1.807, 2.05) is 18.2 Å². The smallest absolute Gasteiger partial charge is 0.177 e. The van der Waals surface area contributed by atoms with Crippen LogP contribution in [0.4, 0.5) is 0 Å². The molecule has 0 atom stereocenters. The van der Waals surface area contributed by atoms with Gasteiger partial charge in [-0.25, -0.2) is 0 Å². The van der Waals surface area contributed by atoms with Crippen LogP contribution in [0.3, 0.4) is 0 Å². The fourth-order valence-corrected chi connectivity index (χ4v) is 3.72. The second-order valence-corrected chi connectivity index (χ2v) is 5.75. The first-order valence-electron chi connectivity index (χ1n) is 5.22. The van der Waals surface area contributed by atoms with Gasteiger partial charge in [0, 0.05) is 28.2 Å². The van der Waals surface area contributed by atoms with Crippen LogP contribution in [0.5, 0.6) is 0 Å². The fourth-order valence-electron chi connectivity index (χ4n) is 1.68. The van der Waals surface area contributed by atoms with E-state index in [4.69, 9.17) is 0 Å². The highest BCUT2D eigenvalue weighted by atomic mass is 32.1. The van der Waals surface area contributed by atoms with Crippen molar-refractivity contribution in [2.75, 3.05) is 0 Å². The van der Waals surface area contributed by atoms with E-state index in [0.29, 0.717) is 6.42 Å². The minimum atomic E-state index is 0.173. The Kier molecular flexibility index (Phi) is 2.74. The molecule has 3 aromatic rings. The SMILES string of the molecule is O=C(Cc1cccnc1)c1cc2sccc2s1. The highest BCUT2D eigenvalue weighted by molar-refractivity contribution is 7.27. The first-order valence-corrected chi connectivity index (χ1v) is 6.92. The van der Waals surface area contributed by atoms with Crippen LogP contribution in [0, 0.1) is 0 Å². The summed E-state index contributed by atoms with van der Waals surface area (Å²) in [7, 11) is 0. The Morgan fingerprint density at radius 1 is 1.29 bits per heavy atom.